The van der Waals surface area contributed by atoms with E-state index in [-0.39, 0.29) is 18.0 Å². The van der Waals surface area contributed by atoms with Crippen molar-refractivity contribution in [3.05, 3.63) is 16.2 Å². The number of H-pyrrole nitrogens is 1. The van der Waals surface area contributed by atoms with Gasteiger partial charge >= 0.3 is 5.69 Å². The van der Waals surface area contributed by atoms with E-state index in [4.69, 9.17) is 5.11 Å². The number of imidazole rings is 1. The fourth-order valence-corrected chi connectivity index (χ4v) is 1.52. The van der Waals surface area contributed by atoms with Crippen molar-refractivity contribution < 1.29 is 9.50 Å². The molecule has 1 aromatic heterocycles. The van der Waals surface area contributed by atoms with E-state index < -0.39 is 6.17 Å². The molecule has 1 unspecified atom stereocenters. The Morgan fingerprint density at radius 3 is 3.17 bits per heavy atom. The number of nitrogens with zero attached hydrogens (tertiary/aromatic N) is 1. The summed E-state index contributed by atoms with van der Waals surface area (Å²) in [5.74, 6) is -0.192. The minimum Gasteiger partial charge on any atom is -0.493 e. The number of hydrogen-bond acceptors (Lipinski definition) is 2. The predicted molar refractivity (Wildman–Crippen MR) is 39.9 cm³/mol. The summed E-state index contributed by atoms with van der Waals surface area (Å²) in [5, 5.41) is 9.15. The van der Waals surface area contributed by atoms with Crippen LogP contribution in [0, 0.1) is 0 Å². The molecule has 2 N–H and O–H groups in total. The third-order valence-electron chi connectivity index (χ3n) is 2.15. The molecule has 0 aliphatic carbocycles. The zero-order valence-electron chi connectivity index (χ0n) is 6.38. The van der Waals surface area contributed by atoms with Crippen molar-refractivity contribution in [2.45, 2.75) is 25.6 Å². The first-order chi connectivity index (χ1) is 5.68. The van der Waals surface area contributed by atoms with Crippen LogP contribution in [0.4, 0.5) is 4.39 Å². The standard InChI is InChI=1S/C7H9FN2O2/c8-4-1-2-10-5(3-4)6(11)9-7(10)12/h4,11H,1-3H2,(H,9,12). The number of aromatic hydroxyl groups is 1. The molecule has 1 aliphatic heterocycles. The smallest absolute Gasteiger partial charge is 0.328 e. The van der Waals surface area contributed by atoms with Gasteiger partial charge in [-0.25, -0.2) is 9.18 Å². The van der Waals surface area contributed by atoms with Gasteiger partial charge in [0.25, 0.3) is 0 Å². The molecular weight excluding hydrogens is 163 g/mol. The van der Waals surface area contributed by atoms with Crippen LogP contribution in [0.3, 0.4) is 0 Å². The summed E-state index contributed by atoms with van der Waals surface area (Å²) in [6.07, 6.45) is -0.458. The average molecular weight is 172 g/mol. The van der Waals surface area contributed by atoms with Crippen LogP contribution >= 0.6 is 0 Å². The first kappa shape index (κ1) is 7.39. The van der Waals surface area contributed by atoms with E-state index in [9.17, 15) is 9.18 Å². The van der Waals surface area contributed by atoms with E-state index >= 15 is 0 Å². The van der Waals surface area contributed by atoms with E-state index in [0.29, 0.717) is 18.7 Å². The Kier molecular flexibility index (Phi) is 1.46. The van der Waals surface area contributed by atoms with Gasteiger partial charge in [0, 0.05) is 13.0 Å². The molecule has 4 nitrogen and oxygen atoms in total. The van der Waals surface area contributed by atoms with Crippen molar-refractivity contribution in [1.29, 1.82) is 0 Å². The largest absolute Gasteiger partial charge is 0.493 e. The molecule has 1 aliphatic rings. The van der Waals surface area contributed by atoms with Crippen LogP contribution < -0.4 is 5.69 Å². The third-order valence-corrected chi connectivity index (χ3v) is 2.15. The number of halogens is 1. The van der Waals surface area contributed by atoms with E-state index in [1.807, 2.05) is 0 Å². The molecule has 0 saturated heterocycles. The number of aromatic nitrogens is 2. The lowest BCUT2D eigenvalue weighted by Crippen LogP contribution is -2.26. The lowest BCUT2D eigenvalue weighted by atomic mass is 10.1. The van der Waals surface area contributed by atoms with Gasteiger partial charge in [0.15, 0.2) is 0 Å². The molecule has 0 radical (unpaired) electrons. The highest BCUT2D eigenvalue weighted by molar-refractivity contribution is 5.20. The Hall–Kier alpha value is -1.26. The molecule has 1 atom stereocenters. The maximum absolute atomic E-state index is 12.8. The van der Waals surface area contributed by atoms with Crippen LogP contribution in [0.25, 0.3) is 0 Å². The van der Waals surface area contributed by atoms with E-state index in [2.05, 4.69) is 4.98 Å². The van der Waals surface area contributed by atoms with Gasteiger partial charge in [0.1, 0.15) is 6.17 Å². The van der Waals surface area contributed by atoms with E-state index in [1.165, 1.54) is 4.57 Å². The van der Waals surface area contributed by atoms with Gasteiger partial charge in [-0.1, -0.05) is 0 Å². The van der Waals surface area contributed by atoms with Crippen molar-refractivity contribution in [1.82, 2.24) is 9.55 Å². The molecule has 0 bridgehead atoms. The van der Waals surface area contributed by atoms with Crippen LogP contribution in [0.5, 0.6) is 5.88 Å². The molecule has 2 rings (SSSR count). The zero-order chi connectivity index (χ0) is 8.72. The summed E-state index contributed by atoms with van der Waals surface area (Å²) in [4.78, 5) is 13.3. The van der Waals surface area contributed by atoms with Crippen LogP contribution in [0.1, 0.15) is 12.1 Å². The first-order valence-electron chi connectivity index (χ1n) is 3.83. The van der Waals surface area contributed by atoms with Gasteiger partial charge in [0.05, 0.1) is 5.69 Å². The predicted octanol–water partition coefficient (Wildman–Crippen LogP) is 0.166. The highest BCUT2D eigenvalue weighted by atomic mass is 19.1. The van der Waals surface area contributed by atoms with Crippen molar-refractivity contribution in [3.63, 3.8) is 0 Å². The van der Waals surface area contributed by atoms with Crippen LogP contribution in [0.2, 0.25) is 0 Å². The minimum atomic E-state index is -0.939. The van der Waals surface area contributed by atoms with Gasteiger partial charge in [0.2, 0.25) is 5.88 Å². The second-order valence-corrected chi connectivity index (χ2v) is 2.97. The topological polar surface area (TPSA) is 58.0 Å². The monoisotopic (exact) mass is 172 g/mol. The molecule has 12 heavy (non-hydrogen) atoms. The minimum absolute atomic E-state index is 0.130. The Labute approximate surface area is 67.6 Å². The highest BCUT2D eigenvalue weighted by Crippen LogP contribution is 2.21. The van der Waals surface area contributed by atoms with Gasteiger partial charge in [-0.05, 0) is 6.42 Å². The maximum atomic E-state index is 12.8. The summed E-state index contributed by atoms with van der Waals surface area (Å²) in [6, 6.07) is 0. The lowest BCUT2D eigenvalue weighted by molar-refractivity contribution is 0.265. The molecular formula is C7H9FN2O2. The van der Waals surface area contributed by atoms with Gasteiger partial charge in [-0.3, -0.25) is 9.55 Å². The van der Waals surface area contributed by atoms with Crippen molar-refractivity contribution in [2.24, 2.45) is 0 Å². The van der Waals surface area contributed by atoms with Gasteiger partial charge < -0.3 is 5.11 Å². The van der Waals surface area contributed by atoms with E-state index in [0.717, 1.165) is 0 Å². The van der Waals surface area contributed by atoms with E-state index in [1.54, 1.807) is 0 Å². The van der Waals surface area contributed by atoms with Crippen molar-refractivity contribution in [3.8, 4) is 5.88 Å². The molecule has 5 heteroatoms. The fourth-order valence-electron chi connectivity index (χ4n) is 1.52. The molecule has 1 aromatic rings. The summed E-state index contributed by atoms with van der Waals surface area (Å²) < 4.78 is 14.2. The molecule has 2 heterocycles. The Bertz CT molecular complexity index is 355. The Morgan fingerprint density at radius 2 is 2.42 bits per heavy atom. The van der Waals surface area contributed by atoms with Crippen molar-refractivity contribution in [2.75, 3.05) is 0 Å². The SMILES string of the molecule is O=c1[nH]c(O)c2n1CCC(F)C2. The molecule has 0 amide bonds. The average Bonchev–Trinajstić information content (AvgIpc) is 2.28. The summed E-state index contributed by atoms with van der Waals surface area (Å²) >= 11 is 0. The van der Waals surface area contributed by atoms with Gasteiger partial charge in [-0.15, -0.1) is 0 Å². The first-order valence-corrected chi connectivity index (χ1v) is 3.83. The fraction of sp³-hybridized carbons (Fsp3) is 0.571. The second kappa shape index (κ2) is 2.36. The Morgan fingerprint density at radius 1 is 1.67 bits per heavy atom. The van der Waals surface area contributed by atoms with Crippen LogP contribution in [-0.4, -0.2) is 20.8 Å². The highest BCUT2D eigenvalue weighted by Gasteiger charge is 2.23. The third kappa shape index (κ3) is 0.929. The summed E-state index contributed by atoms with van der Waals surface area (Å²) in [7, 11) is 0. The lowest BCUT2D eigenvalue weighted by Gasteiger charge is -2.16. The number of rotatable bonds is 0. The number of hydrogen-bond donors (Lipinski definition) is 2. The number of alkyl halides is 1. The maximum Gasteiger partial charge on any atom is 0.328 e. The molecule has 0 saturated carbocycles. The second-order valence-electron chi connectivity index (χ2n) is 2.97. The molecule has 66 valence electrons. The van der Waals surface area contributed by atoms with Gasteiger partial charge in [-0.2, -0.15) is 0 Å². The molecule has 0 aromatic carbocycles. The quantitative estimate of drug-likeness (QED) is 0.586. The summed E-state index contributed by atoms with van der Waals surface area (Å²) in [6.45, 7) is 0.354. The molecule has 0 fully saturated rings. The number of fused-ring (bicyclic) bond motifs is 1. The normalized spacial score (nSPS) is 22.2. The van der Waals surface area contributed by atoms with Crippen LogP contribution in [0.15, 0.2) is 4.79 Å². The van der Waals surface area contributed by atoms with Crippen LogP contribution in [-0.2, 0) is 13.0 Å². The summed E-state index contributed by atoms with van der Waals surface area (Å²) in [5.41, 5.74) is 0.0353. The number of aromatic amines is 1. The zero-order valence-corrected chi connectivity index (χ0v) is 6.38. The van der Waals surface area contributed by atoms with Crippen molar-refractivity contribution >= 4 is 0 Å². The Balaban J connectivity index is 2.52. The number of nitrogens with one attached hydrogen (secondary N) is 1. The molecule has 0 spiro atoms.